The number of urea groups is 1. The highest BCUT2D eigenvalue weighted by Gasteiger charge is 2.59. The standard InChI is InChI=1S/C22H23Cl2F3N4O/c1-3-28-20(32)30-29-12-15-4-5-19(8-14(15)2)31-7-6-21(13-31,22(25,26)27)16-9-17(23)11-18(24)10-16/h4-5,8-12H,3,6-7,13H2,1-2H3,(H2,28,30,32)/b29-12+. The molecule has 1 aliphatic heterocycles. The molecule has 1 aliphatic rings. The minimum absolute atomic E-state index is 0.0712. The molecule has 2 N–H and O–H groups in total. The first kappa shape index (κ1) is 24.2. The lowest BCUT2D eigenvalue weighted by Gasteiger charge is -2.33. The summed E-state index contributed by atoms with van der Waals surface area (Å²) in [6, 6.07) is 9.02. The van der Waals surface area contributed by atoms with Crippen LogP contribution in [-0.2, 0) is 5.41 Å². The third-order valence-corrected chi connectivity index (χ3v) is 5.99. The minimum Gasteiger partial charge on any atom is -0.370 e. The molecule has 2 amide bonds. The van der Waals surface area contributed by atoms with Crippen LogP contribution in [0.3, 0.4) is 0 Å². The molecule has 2 aromatic carbocycles. The maximum Gasteiger partial charge on any atom is 0.400 e. The van der Waals surface area contributed by atoms with Crippen molar-refractivity contribution in [2.75, 3.05) is 24.5 Å². The van der Waals surface area contributed by atoms with Gasteiger partial charge >= 0.3 is 12.2 Å². The van der Waals surface area contributed by atoms with E-state index in [4.69, 9.17) is 23.2 Å². The average molecular weight is 487 g/mol. The smallest absolute Gasteiger partial charge is 0.370 e. The lowest BCUT2D eigenvalue weighted by molar-refractivity contribution is -0.184. The van der Waals surface area contributed by atoms with E-state index in [9.17, 15) is 18.0 Å². The molecule has 1 atom stereocenters. The van der Waals surface area contributed by atoms with Crippen LogP contribution in [0.1, 0.15) is 30.0 Å². The largest absolute Gasteiger partial charge is 0.400 e. The molecular formula is C22H23Cl2F3N4O. The Kier molecular flexibility index (Phi) is 7.25. The minimum atomic E-state index is -4.47. The van der Waals surface area contributed by atoms with E-state index in [0.29, 0.717) is 12.2 Å². The Labute approximate surface area is 194 Å². The van der Waals surface area contributed by atoms with Gasteiger partial charge in [0.15, 0.2) is 0 Å². The summed E-state index contributed by atoms with van der Waals surface area (Å²) in [5, 5.41) is 6.79. The SMILES string of the molecule is CCNC(=O)N/N=C/c1ccc(N2CCC(c3cc(Cl)cc(Cl)c3)(C(F)(F)F)C2)cc1C. The maximum absolute atomic E-state index is 14.3. The predicted octanol–water partition coefficient (Wildman–Crippen LogP) is 5.67. The summed E-state index contributed by atoms with van der Waals surface area (Å²) in [7, 11) is 0. The van der Waals surface area contributed by atoms with E-state index in [1.54, 1.807) is 24.0 Å². The summed E-state index contributed by atoms with van der Waals surface area (Å²) in [6.45, 7) is 4.10. The number of anilines is 1. The highest BCUT2D eigenvalue weighted by atomic mass is 35.5. The van der Waals surface area contributed by atoms with E-state index in [1.807, 2.05) is 13.0 Å². The Morgan fingerprint density at radius 1 is 1.22 bits per heavy atom. The summed E-state index contributed by atoms with van der Waals surface area (Å²) in [5.74, 6) is 0. The van der Waals surface area contributed by atoms with Crippen molar-refractivity contribution < 1.29 is 18.0 Å². The average Bonchev–Trinajstić information content (AvgIpc) is 3.15. The van der Waals surface area contributed by atoms with Crippen LogP contribution in [0.5, 0.6) is 0 Å². The number of hydrazone groups is 1. The molecule has 0 aliphatic carbocycles. The molecule has 5 nitrogen and oxygen atoms in total. The van der Waals surface area contributed by atoms with Gasteiger partial charge in [0.2, 0.25) is 0 Å². The number of hydrogen-bond donors (Lipinski definition) is 2. The second-order valence-corrected chi connectivity index (χ2v) is 8.55. The van der Waals surface area contributed by atoms with Crippen LogP contribution in [0.2, 0.25) is 10.0 Å². The van der Waals surface area contributed by atoms with Crippen LogP contribution in [0.4, 0.5) is 23.7 Å². The topological polar surface area (TPSA) is 56.7 Å². The Bertz CT molecular complexity index is 1010. The third-order valence-electron chi connectivity index (χ3n) is 5.55. The molecule has 0 radical (unpaired) electrons. The fourth-order valence-corrected chi connectivity index (χ4v) is 4.38. The number of aryl methyl sites for hydroxylation is 1. The summed E-state index contributed by atoms with van der Waals surface area (Å²) in [6.07, 6.45) is -3.08. The molecule has 0 saturated carbocycles. The van der Waals surface area contributed by atoms with E-state index in [2.05, 4.69) is 15.8 Å². The van der Waals surface area contributed by atoms with E-state index < -0.39 is 17.6 Å². The van der Waals surface area contributed by atoms with Gasteiger partial charge in [0.25, 0.3) is 0 Å². The molecule has 0 spiro atoms. The molecule has 3 rings (SSSR count). The zero-order chi connectivity index (χ0) is 23.5. The molecule has 1 heterocycles. The molecule has 32 heavy (non-hydrogen) atoms. The Morgan fingerprint density at radius 2 is 1.91 bits per heavy atom. The Hall–Kier alpha value is -2.45. The van der Waals surface area contributed by atoms with Crippen molar-refractivity contribution in [2.45, 2.75) is 31.9 Å². The molecular weight excluding hydrogens is 464 g/mol. The van der Waals surface area contributed by atoms with Crippen LogP contribution >= 0.6 is 23.2 Å². The summed E-state index contributed by atoms with van der Waals surface area (Å²) in [5.41, 5.74) is 2.59. The van der Waals surface area contributed by atoms with Gasteiger partial charge in [0, 0.05) is 35.4 Å². The summed E-state index contributed by atoms with van der Waals surface area (Å²) in [4.78, 5) is 13.1. The van der Waals surface area contributed by atoms with Crippen LogP contribution in [0, 0.1) is 6.92 Å². The molecule has 0 aromatic heterocycles. The van der Waals surface area contributed by atoms with E-state index >= 15 is 0 Å². The fourth-order valence-electron chi connectivity index (χ4n) is 3.85. The number of alkyl halides is 3. The van der Waals surface area contributed by atoms with Crippen molar-refractivity contribution >= 4 is 41.1 Å². The second-order valence-electron chi connectivity index (χ2n) is 7.68. The van der Waals surface area contributed by atoms with E-state index in [0.717, 1.165) is 11.1 Å². The van der Waals surface area contributed by atoms with Crippen LogP contribution in [0.15, 0.2) is 41.5 Å². The normalized spacial score (nSPS) is 18.9. The number of hydrogen-bond acceptors (Lipinski definition) is 3. The van der Waals surface area contributed by atoms with Crippen molar-refractivity contribution in [1.29, 1.82) is 0 Å². The molecule has 0 bridgehead atoms. The lowest BCUT2D eigenvalue weighted by atomic mass is 9.79. The first-order valence-electron chi connectivity index (χ1n) is 10.0. The zero-order valence-corrected chi connectivity index (χ0v) is 19.1. The first-order chi connectivity index (χ1) is 15.1. The van der Waals surface area contributed by atoms with E-state index in [1.165, 1.54) is 24.4 Å². The van der Waals surface area contributed by atoms with Crippen molar-refractivity contribution in [3.8, 4) is 0 Å². The van der Waals surface area contributed by atoms with E-state index in [-0.39, 0.29) is 35.1 Å². The third kappa shape index (κ3) is 5.13. The maximum atomic E-state index is 14.3. The number of benzene rings is 2. The van der Waals surface area contributed by atoms with Crippen molar-refractivity contribution in [3.05, 3.63) is 63.1 Å². The highest BCUT2D eigenvalue weighted by Crippen LogP contribution is 2.49. The number of carbonyl (C=O) groups excluding carboxylic acids is 1. The highest BCUT2D eigenvalue weighted by molar-refractivity contribution is 6.34. The molecule has 1 fully saturated rings. The molecule has 10 heteroatoms. The van der Waals surface area contributed by atoms with Gasteiger partial charge in [-0.1, -0.05) is 29.3 Å². The molecule has 172 valence electrons. The number of amides is 2. The van der Waals surface area contributed by atoms with Gasteiger partial charge in [-0.2, -0.15) is 18.3 Å². The number of halogens is 5. The molecule has 2 aromatic rings. The van der Waals surface area contributed by atoms with Crippen molar-refractivity contribution in [1.82, 2.24) is 10.7 Å². The summed E-state index contributed by atoms with van der Waals surface area (Å²) < 4.78 is 42.9. The second kappa shape index (κ2) is 9.58. The monoisotopic (exact) mass is 486 g/mol. The number of carbonyl (C=O) groups is 1. The molecule has 1 unspecified atom stereocenters. The van der Waals surface area contributed by atoms with Crippen molar-refractivity contribution in [3.63, 3.8) is 0 Å². The van der Waals surface area contributed by atoms with Crippen LogP contribution in [0.25, 0.3) is 0 Å². The van der Waals surface area contributed by atoms with Gasteiger partial charge in [-0.15, -0.1) is 0 Å². The first-order valence-corrected chi connectivity index (χ1v) is 10.8. The molecule has 1 saturated heterocycles. The Morgan fingerprint density at radius 3 is 2.50 bits per heavy atom. The number of nitrogens with one attached hydrogen (secondary N) is 2. The van der Waals surface area contributed by atoms with Crippen LogP contribution < -0.4 is 15.6 Å². The number of nitrogens with zero attached hydrogens (tertiary/aromatic N) is 2. The quantitative estimate of drug-likeness (QED) is 0.422. The number of rotatable bonds is 5. The van der Waals surface area contributed by atoms with Crippen molar-refractivity contribution in [2.24, 2.45) is 5.10 Å². The van der Waals surface area contributed by atoms with Gasteiger partial charge in [0.1, 0.15) is 5.41 Å². The lowest BCUT2D eigenvalue weighted by Crippen LogP contribution is -2.44. The van der Waals surface area contributed by atoms with Gasteiger partial charge in [-0.25, -0.2) is 10.2 Å². The fraction of sp³-hybridized carbons (Fsp3) is 0.364. The van der Waals surface area contributed by atoms with Gasteiger partial charge in [-0.05, 0) is 67.3 Å². The van der Waals surface area contributed by atoms with Gasteiger partial charge in [-0.3, -0.25) is 0 Å². The Balaban J connectivity index is 1.83. The van der Waals surface area contributed by atoms with Crippen LogP contribution in [-0.4, -0.2) is 38.1 Å². The zero-order valence-electron chi connectivity index (χ0n) is 17.6. The predicted molar refractivity (Wildman–Crippen MR) is 122 cm³/mol. The summed E-state index contributed by atoms with van der Waals surface area (Å²) >= 11 is 12.0. The van der Waals surface area contributed by atoms with Gasteiger partial charge < -0.3 is 10.2 Å². The van der Waals surface area contributed by atoms with Gasteiger partial charge in [0.05, 0.1) is 6.21 Å².